The zero-order chi connectivity index (χ0) is 13.2. The molecule has 18 heavy (non-hydrogen) atoms. The Hall–Kier alpha value is -1.07. The number of carbonyl (C=O) groups excluding carboxylic acids is 1. The highest BCUT2D eigenvalue weighted by atomic mass is 32.2. The van der Waals surface area contributed by atoms with Crippen LogP contribution in [0.25, 0.3) is 0 Å². The van der Waals surface area contributed by atoms with E-state index in [1.165, 1.54) is 12.7 Å². The number of pyridine rings is 1. The molecule has 0 bridgehead atoms. The molecule has 0 radical (unpaired) electrons. The van der Waals surface area contributed by atoms with Gasteiger partial charge in [0.05, 0.1) is 18.6 Å². The van der Waals surface area contributed by atoms with Crippen LogP contribution in [0.5, 0.6) is 0 Å². The lowest BCUT2D eigenvalue weighted by Crippen LogP contribution is -2.13. The lowest BCUT2D eigenvalue weighted by molar-refractivity contribution is -0.140. The highest BCUT2D eigenvalue weighted by Gasteiger charge is 2.02. The summed E-state index contributed by atoms with van der Waals surface area (Å²) in [7, 11) is 1.41. The molecule has 1 aromatic heterocycles. The van der Waals surface area contributed by atoms with Crippen LogP contribution >= 0.6 is 11.8 Å². The van der Waals surface area contributed by atoms with Gasteiger partial charge in [0.2, 0.25) is 0 Å². The van der Waals surface area contributed by atoms with Crippen LogP contribution in [0, 0.1) is 0 Å². The van der Waals surface area contributed by atoms with Crippen molar-refractivity contribution in [3.63, 3.8) is 0 Å². The number of rotatable bonds is 8. The highest BCUT2D eigenvalue weighted by Crippen LogP contribution is 2.16. The summed E-state index contributed by atoms with van der Waals surface area (Å²) in [6.07, 6.45) is 3.43. The van der Waals surface area contributed by atoms with Crippen molar-refractivity contribution in [2.24, 2.45) is 0 Å². The fraction of sp³-hybridized carbons (Fsp3) is 0.538. The Bertz CT molecular complexity index is 355. The van der Waals surface area contributed by atoms with Crippen LogP contribution in [0.4, 0.5) is 0 Å². The zero-order valence-electron chi connectivity index (χ0n) is 10.9. The fourth-order valence-corrected chi connectivity index (χ4v) is 2.12. The summed E-state index contributed by atoms with van der Waals surface area (Å²) in [6, 6.07) is 4.06. The molecule has 1 N–H and O–H groups in total. The van der Waals surface area contributed by atoms with E-state index in [2.05, 4.69) is 28.0 Å². The van der Waals surface area contributed by atoms with Gasteiger partial charge in [-0.25, -0.2) is 4.98 Å². The normalized spacial score (nSPS) is 10.3. The molecule has 0 saturated heterocycles. The Labute approximate surface area is 113 Å². The molecule has 0 aliphatic rings. The van der Waals surface area contributed by atoms with Crippen molar-refractivity contribution >= 4 is 17.7 Å². The topological polar surface area (TPSA) is 51.2 Å². The van der Waals surface area contributed by atoms with E-state index in [9.17, 15) is 4.79 Å². The molecule has 0 saturated carbocycles. The van der Waals surface area contributed by atoms with Gasteiger partial charge in [-0.1, -0.05) is 13.0 Å². The van der Waals surface area contributed by atoms with E-state index in [1.54, 1.807) is 11.8 Å². The van der Waals surface area contributed by atoms with E-state index in [0.29, 0.717) is 12.2 Å². The SMILES string of the molecule is CCCNCc1ccc(SCCC(=O)OC)nc1. The predicted octanol–water partition coefficient (Wildman–Crippen LogP) is 2.24. The highest BCUT2D eigenvalue weighted by molar-refractivity contribution is 7.99. The molecule has 0 fully saturated rings. The molecule has 0 spiro atoms. The first-order chi connectivity index (χ1) is 8.76. The third-order valence-corrected chi connectivity index (χ3v) is 3.28. The van der Waals surface area contributed by atoms with Crippen molar-refractivity contribution in [2.75, 3.05) is 19.4 Å². The van der Waals surface area contributed by atoms with Gasteiger partial charge in [-0.15, -0.1) is 11.8 Å². The lowest BCUT2D eigenvalue weighted by Gasteiger charge is -2.04. The van der Waals surface area contributed by atoms with E-state index in [1.807, 2.05) is 12.3 Å². The molecular formula is C13H20N2O2S. The van der Waals surface area contributed by atoms with Crippen molar-refractivity contribution in [2.45, 2.75) is 31.3 Å². The number of nitrogens with zero attached hydrogens (tertiary/aromatic N) is 1. The van der Waals surface area contributed by atoms with Gasteiger partial charge in [0, 0.05) is 18.5 Å². The summed E-state index contributed by atoms with van der Waals surface area (Å²) >= 11 is 1.57. The Balaban J connectivity index is 2.29. The van der Waals surface area contributed by atoms with Crippen LogP contribution in [0.2, 0.25) is 0 Å². The second-order valence-electron chi connectivity index (χ2n) is 3.86. The van der Waals surface area contributed by atoms with Crippen LogP contribution in [-0.2, 0) is 16.1 Å². The minimum absolute atomic E-state index is 0.178. The van der Waals surface area contributed by atoms with Gasteiger partial charge in [0.25, 0.3) is 0 Å². The number of hydrogen-bond acceptors (Lipinski definition) is 5. The molecule has 1 rings (SSSR count). The van der Waals surface area contributed by atoms with Crippen LogP contribution in [0.15, 0.2) is 23.4 Å². The molecule has 0 aliphatic heterocycles. The maximum Gasteiger partial charge on any atom is 0.306 e. The third kappa shape index (κ3) is 6.02. The largest absolute Gasteiger partial charge is 0.469 e. The number of aromatic nitrogens is 1. The molecule has 5 heteroatoms. The molecule has 1 aromatic rings. The van der Waals surface area contributed by atoms with Gasteiger partial charge in [-0.2, -0.15) is 0 Å². The van der Waals surface area contributed by atoms with Crippen molar-refractivity contribution in [1.29, 1.82) is 0 Å². The van der Waals surface area contributed by atoms with Crippen LogP contribution in [-0.4, -0.2) is 30.4 Å². The first-order valence-corrected chi connectivity index (χ1v) is 7.10. The molecule has 0 amide bonds. The summed E-state index contributed by atoms with van der Waals surface area (Å²) in [5, 5.41) is 4.27. The average Bonchev–Trinajstić information content (AvgIpc) is 2.40. The number of carbonyl (C=O) groups is 1. The quantitative estimate of drug-likeness (QED) is 0.445. The monoisotopic (exact) mass is 268 g/mol. The number of nitrogens with one attached hydrogen (secondary N) is 1. The number of methoxy groups -OCH3 is 1. The molecule has 0 aliphatic carbocycles. The molecule has 4 nitrogen and oxygen atoms in total. The van der Waals surface area contributed by atoms with E-state index < -0.39 is 0 Å². The van der Waals surface area contributed by atoms with E-state index >= 15 is 0 Å². The van der Waals surface area contributed by atoms with E-state index in [0.717, 1.165) is 24.5 Å². The second-order valence-corrected chi connectivity index (χ2v) is 4.97. The Kier molecular flexibility index (Phi) is 7.44. The van der Waals surface area contributed by atoms with Crippen molar-refractivity contribution < 1.29 is 9.53 Å². The third-order valence-electron chi connectivity index (χ3n) is 2.34. The van der Waals surface area contributed by atoms with Crippen molar-refractivity contribution in [3.05, 3.63) is 23.9 Å². The Morgan fingerprint density at radius 3 is 2.94 bits per heavy atom. The van der Waals surface area contributed by atoms with E-state index in [-0.39, 0.29) is 5.97 Å². The van der Waals surface area contributed by atoms with Gasteiger partial charge < -0.3 is 10.1 Å². The van der Waals surface area contributed by atoms with Crippen LogP contribution in [0.1, 0.15) is 25.3 Å². The Morgan fingerprint density at radius 1 is 1.50 bits per heavy atom. The minimum Gasteiger partial charge on any atom is -0.469 e. The summed E-state index contributed by atoms with van der Waals surface area (Å²) in [4.78, 5) is 15.3. The summed E-state index contributed by atoms with van der Waals surface area (Å²) in [5.74, 6) is 0.524. The first-order valence-electron chi connectivity index (χ1n) is 6.11. The van der Waals surface area contributed by atoms with Gasteiger partial charge in [0.15, 0.2) is 0 Å². The second kappa shape index (κ2) is 8.94. The molecular weight excluding hydrogens is 248 g/mol. The van der Waals surface area contributed by atoms with Crippen LogP contribution in [0.3, 0.4) is 0 Å². The minimum atomic E-state index is -0.178. The maximum absolute atomic E-state index is 10.9. The molecule has 0 unspecified atom stereocenters. The van der Waals surface area contributed by atoms with Gasteiger partial charge >= 0.3 is 5.97 Å². The van der Waals surface area contributed by atoms with E-state index in [4.69, 9.17) is 0 Å². The van der Waals surface area contributed by atoms with Crippen molar-refractivity contribution in [3.8, 4) is 0 Å². The average molecular weight is 268 g/mol. The van der Waals surface area contributed by atoms with Gasteiger partial charge in [-0.3, -0.25) is 4.79 Å². The summed E-state index contributed by atoms with van der Waals surface area (Å²) in [6.45, 7) is 4.02. The fourth-order valence-electron chi connectivity index (χ4n) is 1.35. The number of thioether (sulfide) groups is 1. The summed E-state index contributed by atoms with van der Waals surface area (Å²) < 4.78 is 4.58. The van der Waals surface area contributed by atoms with Gasteiger partial charge in [0.1, 0.15) is 0 Å². The number of esters is 1. The van der Waals surface area contributed by atoms with Gasteiger partial charge in [-0.05, 0) is 24.6 Å². The summed E-state index contributed by atoms with van der Waals surface area (Å²) in [5.41, 5.74) is 1.18. The molecule has 1 heterocycles. The standard InChI is InChI=1S/C13H20N2O2S/c1-3-7-14-9-11-4-5-12(15-10-11)18-8-6-13(16)17-2/h4-5,10,14H,3,6-9H2,1-2H3. The first kappa shape index (κ1) is 15.0. The zero-order valence-corrected chi connectivity index (χ0v) is 11.8. The maximum atomic E-state index is 10.9. The molecule has 0 atom stereocenters. The van der Waals surface area contributed by atoms with Crippen molar-refractivity contribution in [1.82, 2.24) is 10.3 Å². The lowest BCUT2D eigenvalue weighted by atomic mass is 10.3. The predicted molar refractivity (Wildman–Crippen MR) is 73.6 cm³/mol. The number of hydrogen-bond donors (Lipinski definition) is 1. The molecule has 0 aromatic carbocycles. The molecule has 100 valence electrons. The smallest absolute Gasteiger partial charge is 0.306 e. The van der Waals surface area contributed by atoms with Crippen LogP contribution < -0.4 is 5.32 Å². The number of ether oxygens (including phenoxy) is 1. The Morgan fingerprint density at radius 2 is 2.33 bits per heavy atom.